The molecule has 0 unspecified atom stereocenters. The second kappa shape index (κ2) is 5.44. The third-order valence-corrected chi connectivity index (χ3v) is 7.87. The molecule has 1 aromatic carbocycles. The molecule has 3 nitrogen and oxygen atoms in total. The summed E-state index contributed by atoms with van der Waals surface area (Å²) in [5, 5.41) is 3.09. The Labute approximate surface area is 146 Å². The van der Waals surface area contributed by atoms with Gasteiger partial charge in [0, 0.05) is 12.0 Å². The van der Waals surface area contributed by atoms with Crippen LogP contribution in [0, 0.1) is 16.2 Å². The van der Waals surface area contributed by atoms with E-state index in [9.17, 15) is 9.59 Å². The van der Waals surface area contributed by atoms with Gasteiger partial charge in [0.05, 0.1) is 10.2 Å². The van der Waals surface area contributed by atoms with Crippen LogP contribution < -0.4 is 5.32 Å². The van der Waals surface area contributed by atoms with Crippen LogP contribution in [0.1, 0.15) is 39.2 Å². The van der Waals surface area contributed by atoms with Gasteiger partial charge in [-0.1, -0.05) is 67.0 Å². The zero-order chi connectivity index (χ0) is 16.9. The number of nitrogens with one attached hydrogen (secondary N) is 1. The molecule has 0 aliphatic heterocycles. The zero-order valence-electron chi connectivity index (χ0n) is 14.0. The summed E-state index contributed by atoms with van der Waals surface area (Å²) < 4.78 is 0. The highest BCUT2D eigenvalue weighted by molar-refractivity contribution is 9.10. The Morgan fingerprint density at radius 1 is 1.22 bits per heavy atom. The second-order valence-corrected chi connectivity index (χ2v) is 8.56. The zero-order valence-corrected chi connectivity index (χ0v) is 15.6. The van der Waals surface area contributed by atoms with E-state index in [1.807, 2.05) is 25.1 Å². The van der Waals surface area contributed by atoms with Crippen molar-refractivity contribution in [1.29, 1.82) is 0 Å². The normalized spacial score (nSPS) is 34.6. The standard InChI is InChI=1S/C19H24BrNO2/c1-17(2)18(3)10-11-19(17,14(20)15(18)22)16(23)21-12-9-13-7-5-4-6-8-13/h4-8,14H,9-12H2,1-3H3,(H,21,23)/t14-,18+,19-/m1/s1. The van der Waals surface area contributed by atoms with Gasteiger partial charge in [0.25, 0.3) is 0 Å². The van der Waals surface area contributed by atoms with Gasteiger partial charge in [0.15, 0.2) is 5.78 Å². The number of carbonyl (C=O) groups is 2. The summed E-state index contributed by atoms with van der Waals surface area (Å²) in [6, 6.07) is 10.1. The van der Waals surface area contributed by atoms with Crippen molar-refractivity contribution < 1.29 is 9.59 Å². The summed E-state index contributed by atoms with van der Waals surface area (Å²) in [6.07, 6.45) is 2.38. The van der Waals surface area contributed by atoms with Crippen molar-refractivity contribution in [2.24, 2.45) is 16.2 Å². The Morgan fingerprint density at radius 3 is 2.43 bits per heavy atom. The van der Waals surface area contributed by atoms with E-state index in [0.29, 0.717) is 6.54 Å². The molecule has 0 saturated heterocycles. The Hall–Kier alpha value is -1.16. The van der Waals surface area contributed by atoms with Gasteiger partial charge >= 0.3 is 0 Å². The minimum atomic E-state index is -0.629. The maximum absolute atomic E-state index is 13.0. The molecule has 0 radical (unpaired) electrons. The molecule has 0 aromatic heterocycles. The number of hydrogen-bond acceptors (Lipinski definition) is 2. The third kappa shape index (κ3) is 2.07. The lowest BCUT2D eigenvalue weighted by Crippen LogP contribution is -2.51. The van der Waals surface area contributed by atoms with Gasteiger partial charge in [0.2, 0.25) is 5.91 Å². The lowest BCUT2D eigenvalue weighted by atomic mass is 9.64. The average Bonchev–Trinajstić information content (AvgIpc) is 2.80. The Kier molecular flexibility index (Phi) is 3.95. The molecule has 2 saturated carbocycles. The number of Topliss-reactive ketones (excluding diaryl/α,β-unsaturated/α-hetero) is 1. The van der Waals surface area contributed by atoms with Crippen molar-refractivity contribution in [3.05, 3.63) is 35.9 Å². The number of amides is 1. The summed E-state index contributed by atoms with van der Waals surface area (Å²) in [5.74, 6) is 0.210. The first-order chi connectivity index (χ1) is 10.8. The number of ketones is 1. The predicted molar refractivity (Wildman–Crippen MR) is 94.4 cm³/mol. The van der Waals surface area contributed by atoms with Crippen molar-refractivity contribution >= 4 is 27.6 Å². The SMILES string of the molecule is CC1(C)[C@@]2(C)CC[C@]1(C(=O)NCCc1ccccc1)[C@H](Br)C2=O. The highest BCUT2D eigenvalue weighted by Crippen LogP contribution is 2.72. The Balaban J connectivity index is 1.75. The topological polar surface area (TPSA) is 46.2 Å². The van der Waals surface area contributed by atoms with Crippen LogP contribution in [0.5, 0.6) is 0 Å². The van der Waals surface area contributed by atoms with E-state index in [2.05, 4.69) is 47.2 Å². The minimum Gasteiger partial charge on any atom is -0.355 e. The van der Waals surface area contributed by atoms with Crippen LogP contribution in [0.25, 0.3) is 0 Å². The van der Waals surface area contributed by atoms with Crippen LogP contribution in [-0.4, -0.2) is 23.1 Å². The number of rotatable bonds is 4. The van der Waals surface area contributed by atoms with Crippen LogP contribution in [0.15, 0.2) is 30.3 Å². The number of carbonyl (C=O) groups excluding carboxylic acids is 2. The Morgan fingerprint density at radius 2 is 1.87 bits per heavy atom. The predicted octanol–water partition coefficient (Wildman–Crippen LogP) is 3.50. The maximum atomic E-state index is 13.0. The highest BCUT2D eigenvalue weighted by Gasteiger charge is 2.76. The van der Waals surface area contributed by atoms with Crippen molar-refractivity contribution in [3.63, 3.8) is 0 Å². The maximum Gasteiger partial charge on any atom is 0.228 e. The van der Waals surface area contributed by atoms with Gasteiger partial charge in [-0.15, -0.1) is 0 Å². The van der Waals surface area contributed by atoms with Gasteiger partial charge in [-0.05, 0) is 30.2 Å². The van der Waals surface area contributed by atoms with E-state index in [1.165, 1.54) is 5.56 Å². The largest absolute Gasteiger partial charge is 0.355 e. The molecule has 1 aromatic rings. The number of fused-ring (bicyclic) bond motifs is 2. The van der Waals surface area contributed by atoms with Crippen LogP contribution in [0.4, 0.5) is 0 Å². The molecule has 2 aliphatic rings. The fourth-order valence-electron chi connectivity index (χ4n) is 4.58. The van der Waals surface area contributed by atoms with Gasteiger partial charge in [-0.25, -0.2) is 0 Å². The molecule has 1 amide bonds. The lowest BCUT2D eigenvalue weighted by molar-refractivity contribution is -0.135. The molecular weight excluding hydrogens is 354 g/mol. The monoisotopic (exact) mass is 377 g/mol. The molecule has 1 N–H and O–H groups in total. The highest BCUT2D eigenvalue weighted by atomic mass is 79.9. The summed E-state index contributed by atoms with van der Waals surface area (Å²) in [6.45, 7) is 6.78. The lowest BCUT2D eigenvalue weighted by Gasteiger charge is -2.39. The van der Waals surface area contributed by atoms with E-state index in [0.717, 1.165) is 19.3 Å². The van der Waals surface area contributed by atoms with Gasteiger partial charge < -0.3 is 5.32 Å². The summed E-state index contributed by atoms with van der Waals surface area (Å²) in [4.78, 5) is 25.3. The summed E-state index contributed by atoms with van der Waals surface area (Å²) in [5.41, 5.74) is -0.158. The molecule has 2 aliphatic carbocycles. The van der Waals surface area contributed by atoms with E-state index >= 15 is 0 Å². The van der Waals surface area contributed by atoms with E-state index in [-0.39, 0.29) is 21.9 Å². The van der Waals surface area contributed by atoms with Gasteiger partial charge in [-0.3, -0.25) is 9.59 Å². The molecule has 3 rings (SSSR count). The molecule has 23 heavy (non-hydrogen) atoms. The Bertz CT molecular complexity index is 642. The molecule has 124 valence electrons. The van der Waals surface area contributed by atoms with Crippen LogP contribution in [0.3, 0.4) is 0 Å². The first-order valence-electron chi connectivity index (χ1n) is 8.28. The van der Waals surface area contributed by atoms with Crippen LogP contribution in [0.2, 0.25) is 0 Å². The molecule has 2 bridgehead atoms. The van der Waals surface area contributed by atoms with Crippen LogP contribution in [-0.2, 0) is 16.0 Å². The van der Waals surface area contributed by atoms with E-state index < -0.39 is 10.8 Å². The fraction of sp³-hybridized carbons (Fsp3) is 0.579. The fourth-order valence-corrected chi connectivity index (χ4v) is 6.09. The first kappa shape index (κ1) is 16.7. The molecule has 4 heteroatoms. The number of benzene rings is 1. The number of halogens is 1. The van der Waals surface area contributed by atoms with Gasteiger partial charge in [0.1, 0.15) is 0 Å². The van der Waals surface area contributed by atoms with Crippen LogP contribution >= 0.6 is 15.9 Å². The molecular formula is C19H24BrNO2. The molecule has 0 heterocycles. The van der Waals surface area contributed by atoms with E-state index in [4.69, 9.17) is 0 Å². The van der Waals surface area contributed by atoms with Crippen molar-refractivity contribution in [2.45, 2.75) is 44.9 Å². The van der Waals surface area contributed by atoms with Crippen molar-refractivity contribution in [2.75, 3.05) is 6.54 Å². The van der Waals surface area contributed by atoms with Gasteiger partial charge in [-0.2, -0.15) is 0 Å². The molecule has 2 fully saturated rings. The quantitative estimate of drug-likeness (QED) is 0.816. The van der Waals surface area contributed by atoms with Crippen molar-refractivity contribution in [1.82, 2.24) is 5.32 Å². The number of hydrogen-bond donors (Lipinski definition) is 1. The molecule has 3 atom stereocenters. The van der Waals surface area contributed by atoms with E-state index in [1.54, 1.807) is 0 Å². The third-order valence-electron chi connectivity index (χ3n) is 6.67. The minimum absolute atomic E-state index is 0.0230. The molecule has 0 spiro atoms. The first-order valence-corrected chi connectivity index (χ1v) is 9.19. The second-order valence-electron chi connectivity index (χ2n) is 7.65. The average molecular weight is 378 g/mol. The summed E-state index contributed by atoms with van der Waals surface area (Å²) in [7, 11) is 0. The smallest absolute Gasteiger partial charge is 0.228 e. The number of alkyl halides is 1. The summed E-state index contributed by atoms with van der Waals surface area (Å²) >= 11 is 3.56. The van der Waals surface area contributed by atoms with Crippen molar-refractivity contribution in [3.8, 4) is 0 Å².